The number of rotatable bonds is 9. The predicted molar refractivity (Wildman–Crippen MR) is 123 cm³/mol. The van der Waals surface area contributed by atoms with Gasteiger partial charge in [0.15, 0.2) is 5.82 Å². The zero-order valence-corrected chi connectivity index (χ0v) is 19.4. The molecule has 3 aromatic rings. The van der Waals surface area contributed by atoms with Gasteiger partial charge in [-0.05, 0) is 31.0 Å². The largest absolute Gasteiger partial charge is 0.411 e. The lowest BCUT2D eigenvalue weighted by molar-refractivity contribution is -0.174. The molecule has 0 bridgehead atoms. The van der Waals surface area contributed by atoms with Crippen LogP contribution in [0.25, 0.3) is 11.0 Å². The molecule has 1 fully saturated rings. The number of nitrogens with zero attached hydrogens (tertiary/aromatic N) is 5. The molecule has 0 aromatic carbocycles. The van der Waals surface area contributed by atoms with E-state index in [1.807, 2.05) is 13.8 Å². The Hall–Kier alpha value is -3.32. The van der Waals surface area contributed by atoms with Gasteiger partial charge in [0.1, 0.15) is 23.5 Å². The number of fused-ring (bicyclic) bond motifs is 1. The Labute approximate surface area is 199 Å². The molecule has 35 heavy (non-hydrogen) atoms. The molecule has 0 aliphatic carbocycles. The average molecular weight is 493 g/mol. The topological polar surface area (TPSA) is 119 Å². The van der Waals surface area contributed by atoms with E-state index < -0.39 is 12.8 Å². The molecule has 13 heteroatoms. The molecule has 0 spiro atoms. The summed E-state index contributed by atoms with van der Waals surface area (Å²) in [7, 11) is 0. The Balaban J connectivity index is 1.71. The van der Waals surface area contributed by atoms with Crippen molar-refractivity contribution in [3.63, 3.8) is 0 Å². The summed E-state index contributed by atoms with van der Waals surface area (Å²) in [6.07, 6.45) is -2.08. The van der Waals surface area contributed by atoms with Crippen LogP contribution in [0.2, 0.25) is 0 Å². The first kappa shape index (κ1) is 24.8. The number of alkyl halides is 3. The van der Waals surface area contributed by atoms with Crippen LogP contribution < -0.4 is 16.0 Å². The van der Waals surface area contributed by atoms with E-state index in [-0.39, 0.29) is 36.8 Å². The van der Waals surface area contributed by atoms with E-state index in [1.165, 1.54) is 4.68 Å². The number of hydrogen-bond acceptors (Lipinski definition) is 8. The second kappa shape index (κ2) is 10.5. The molecule has 0 radical (unpaired) electrons. The summed E-state index contributed by atoms with van der Waals surface area (Å²) >= 11 is 0. The minimum Gasteiger partial charge on any atom is -0.370 e. The van der Waals surface area contributed by atoms with Crippen LogP contribution in [0.4, 0.5) is 30.8 Å². The molecule has 1 aliphatic rings. The van der Waals surface area contributed by atoms with E-state index in [0.29, 0.717) is 34.9 Å². The van der Waals surface area contributed by atoms with Crippen molar-refractivity contribution in [2.45, 2.75) is 38.9 Å². The Morgan fingerprint density at radius 1 is 1.31 bits per heavy atom. The molecule has 1 atom stereocenters. The SMILES string of the molecule is CC(C)c1nn(CCOCC(F)(F)F)c2c(Nc3ccccn3)nc(NC(=O)[C@H]3CCNC3)nc12. The summed E-state index contributed by atoms with van der Waals surface area (Å²) < 4.78 is 43.8. The molecule has 1 aliphatic heterocycles. The van der Waals surface area contributed by atoms with Crippen molar-refractivity contribution in [2.24, 2.45) is 5.92 Å². The van der Waals surface area contributed by atoms with E-state index in [4.69, 9.17) is 4.74 Å². The minimum atomic E-state index is -4.41. The maximum absolute atomic E-state index is 12.7. The van der Waals surface area contributed by atoms with E-state index >= 15 is 0 Å². The molecule has 3 aromatic heterocycles. The third-order valence-electron chi connectivity index (χ3n) is 5.45. The summed E-state index contributed by atoms with van der Waals surface area (Å²) in [5.74, 6) is 0.523. The zero-order valence-electron chi connectivity index (χ0n) is 19.4. The second-order valence-electron chi connectivity index (χ2n) is 8.54. The minimum absolute atomic E-state index is 0.0463. The number of ether oxygens (including phenoxy) is 1. The van der Waals surface area contributed by atoms with E-state index in [2.05, 4.69) is 36.0 Å². The zero-order chi connectivity index (χ0) is 25.0. The van der Waals surface area contributed by atoms with E-state index in [0.717, 1.165) is 13.0 Å². The predicted octanol–water partition coefficient (Wildman–Crippen LogP) is 3.22. The van der Waals surface area contributed by atoms with E-state index in [1.54, 1.807) is 24.4 Å². The maximum atomic E-state index is 12.7. The van der Waals surface area contributed by atoms with Crippen LogP contribution in [0.1, 0.15) is 31.9 Å². The standard InChI is InChI=1S/C22H27F3N8O2/c1-13(2)16-17-18(33(32-16)9-10-35-12-22(23,24)25)19(28-15-5-3-4-7-27-15)30-21(29-17)31-20(34)14-6-8-26-11-14/h3-5,7,13-14,26H,6,8-12H2,1-2H3,(H2,27,28,29,30,31,34)/t14-/m0/s1. The number of hydrogen-bond donors (Lipinski definition) is 3. The molecule has 0 unspecified atom stereocenters. The summed E-state index contributed by atoms with van der Waals surface area (Å²) in [4.78, 5) is 26.1. The normalized spacial score (nSPS) is 16.2. The molecule has 3 N–H and O–H groups in total. The quantitative estimate of drug-likeness (QED) is 0.390. The van der Waals surface area contributed by atoms with Crippen LogP contribution in [0, 0.1) is 5.92 Å². The smallest absolute Gasteiger partial charge is 0.370 e. The lowest BCUT2D eigenvalue weighted by Crippen LogP contribution is -2.25. The number of carbonyl (C=O) groups is 1. The fraction of sp³-hybridized carbons (Fsp3) is 0.500. The van der Waals surface area contributed by atoms with Gasteiger partial charge in [0.05, 0.1) is 24.8 Å². The van der Waals surface area contributed by atoms with Crippen molar-refractivity contribution >= 4 is 34.5 Å². The van der Waals surface area contributed by atoms with Crippen LogP contribution in [0.5, 0.6) is 0 Å². The van der Waals surface area contributed by atoms with Crippen LogP contribution >= 0.6 is 0 Å². The van der Waals surface area contributed by atoms with Gasteiger partial charge in [0, 0.05) is 12.7 Å². The van der Waals surface area contributed by atoms with Crippen molar-refractivity contribution in [1.29, 1.82) is 0 Å². The highest BCUT2D eigenvalue weighted by Crippen LogP contribution is 2.30. The van der Waals surface area contributed by atoms with Crippen molar-refractivity contribution in [1.82, 2.24) is 30.0 Å². The van der Waals surface area contributed by atoms with Crippen molar-refractivity contribution in [3.05, 3.63) is 30.1 Å². The fourth-order valence-corrected chi connectivity index (χ4v) is 3.79. The maximum Gasteiger partial charge on any atom is 0.411 e. The Morgan fingerprint density at radius 3 is 2.80 bits per heavy atom. The number of halogens is 3. The first-order valence-corrected chi connectivity index (χ1v) is 11.3. The van der Waals surface area contributed by atoms with Gasteiger partial charge in [-0.1, -0.05) is 19.9 Å². The second-order valence-corrected chi connectivity index (χ2v) is 8.54. The monoisotopic (exact) mass is 492 g/mol. The van der Waals surface area contributed by atoms with E-state index in [9.17, 15) is 18.0 Å². The van der Waals surface area contributed by atoms with Gasteiger partial charge in [-0.15, -0.1) is 0 Å². The summed E-state index contributed by atoms with van der Waals surface area (Å²) in [6.45, 7) is 3.73. The van der Waals surface area contributed by atoms with Crippen LogP contribution in [0.3, 0.4) is 0 Å². The number of aromatic nitrogens is 5. The van der Waals surface area contributed by atoms with Crippen molar-refractivity contribution < 1.29 is 22.7 Å². The van der Waals surface area contributed by atoms with Crippen LogP contribution in [-0.4, -0.2) is 63.1 Å². The summed E-state index contributed by atoms with van der Waals surface area (Å²) in [5, 5.41) is 13.7. The lowest BCUT2D eigenvalue weighted by atomic mass is 10.1. The first-order chi connectivity index (χ1) is 16.7. The van der Waals surface area contributed by atoms with Crippen molar-refractivity contribution in [2.75, 3.05) is 36.9 Å². The first-order valence-electron chi connectivity index (χ1n) is 11.3. The van der Waals surface area contributed by atoms with Crippen LogP contribution in [0.15, 0.2) is 24.4 Å². The van der Waals surface area contributed by atoms with Gasteiger partial charge >= 0.3 is 6.18 Å². The highest BCUT2D eigenvalue weighted by molar-refractivity contribution is 5.95. The van der Waals surface area contributed by atoms with Crippen molar-refractivity contribution in [3.8, 4) is 0 Å². The molecule has 4 rings (SSSR count). The van der Waals surface area contributed by atoms with Gasteiger partial charge < -0.3 is 15.4 Å². The fourth-order valence-electron chi connectivity index (χ4n) is 3.79. The van der Waals surface area contributed by atoms with Gasteiger partial charge in [-0.2, -0.15) is 23.3 Å². The van der Waals surface area contributed by atoms with Gasteiger partial charge in [-0.25, -0.2) is 9.97 Å². The molecule has 1 amide bonds. The highest BCUT2D eigenvalue weighted by atomic mass is 19.4. The third-order valence-corrected chi connectivity index (χ3v) is 5.45. The number of anilines is 3. The lowest BCUT2D eigenvalue weighted by Gasteiger charge is -2.13. The Kier molecular flexibility index (Phi) is 7.45. The molecular formula is C22H27F3N8O2. The number of carbonyl (C=O) groups excluding carboxylic acids is 1. The molecule has 4 heterocycles. The number of nitrogens with one attached hydrogen (secondary N) is 3. The average Bonchev–Trinajstić information content (AvgIpc) is 3.46. The molecule has 1 saturated heterocycles. The molecule has 188 valence electrons. The van der Waals surface area contributed by atoms with Gasteiger partial charge in [0.2, 0.25) is 11.9 Å². The summed E-state index contributed by atoms with van der Waals surface area (Å²) in [6, 6.07) is 5.30. The molecular weight excluding hydrogens is 465 g/mol. The molecule has 10 nitrogen and oxygen atoms in total. The number of amides is 1. The third kappa shape index (κ3) is 6.22. The Morgan fingerprint density at radius 2 is 2.14 bits per heavy atom. The molecule has 0 saturated carbocycles. The number of pyridine rings is 1. The van der Waals surface area contributed by atoms with Gasteiger partial charge in [-0.3, -0.25) is 14.8 Å². The van der Waals surface area contributed by atoms with Crippen LogP contribution in [-0.2, 0) is 16.1 Å². The Bertz CT molecular complexity index is 1160. The highest BCUT2D eigenvalue weighted by Gasteiger charge is 2.28. The summed E-state index contributed by atoms with van der Waals surface area (Å²) in [5.41, 5.74) is 1.60. The van der Waals surface area contributed by atoms with Gasteiger partial charge in [0.25, 0.3) is 0 Å².